The molecule has 1 saturated carbocycles. The Bertz CT molecular complexity index is 1140. The van der Waals surface area contributed by atoms with Crippen LogP contribution in [0.5, 0.6) is 0 Å². The highest BCUT2D eigenvalue weighted by molar-refractivity contribution is 8.14. The number of piperidine rings is 1. The van der Waals surface area contributed by atoms with E-state index in [9.17, 15) is 18.8 Å². The van der Waals surface area contributed by atoms with Gasteiger partial charge in [-0.2, -0.15) is 5.10 Å². The Morgan fingerprint density at radius 2 is 2.00 bits per heavy atom. The molecule has 4 rings (SSSR count). The highest BCUT2D eigenvalue weighted by Gasteiger charge is 2.41. The van der Waals surface area contributed by atoms with Crippen LogP contribution < -0.4 is 0 Å². The van der Waals surface area contributed by atoms with E-state index < -0.39 is 6.04 Å². The zero-order valence-electron chi connectivity index (χ0n) is 20.7. The number of esters is 1. The van der Waals surface area contributed by atoms with Gasteiger partial charge in [-0.3, -0.25) is 24.0 Å². The molecule has 1 aliphatic heterocycles. The SMILES string of the molecule is CCOC(=O)CCn1ccc(/C=C2\CN(C(C(=O)C3CC3)c3ccccc3F)CC[C@@H]2SC(C)=O)n1. The number of rotatable bonds is 10. The predicted molar refractivity (Wildman–Crippen MR) is 137 cm³/mol. The predicted octanol–water partition coefficient (Wildman–Crippen LogP) is 4.43. The molecule has 1 saturated heterocycles. The third-order valence-corrected chi connectivity index (χ3v) is 7.60. The molecule has 0 radical (unpaired) electrons. The summed E-state index contributed by atoms with van der Waals surface area (Å²) in [5, 5.41) is 4.54. The fourth-order valence-corrected chi connectivity index (χ4v) is 5.52. The third-order valence-electron chi connectivity index (χ3n) is 6.45. The summed E-state index contributed by atoms with van der Waals surface area (Å²) >= 11 is 1.28. The molecule has 1 aromatic heterocycles. The number of nitrogens with zero attached hydrogens (tertiary/aromatic N) is 3. The number of likely N-dealkylation sites (tertiary alicyclic amines) is 1. The number of hydrogen-bond donors (Lipinski definition) is 0. The van der Waals surface area contributed by atoms with Crippen molar-refractivity contribution in [2.75, 3.05) is 19.7 Å². The van der Waals surface area contributed by atoms with E-state index in [0.29, 0.717) is 43.9 Å². The second-order valence-corrected chi connectivity index (χ2v) is 10.6. The zero-order valence-corrected chi connectivity index (χ0v) is 21.5. The van der Waals surface area contributed by atoms with Gasteiger partial charge in [0.2, 0.25) is 0 Å². The summed E-state index contributed by atoms with van der Waals surface area (Å²) in [6.45, 7) is 5.11. The van der Waals surface area contributed by atoms with Crippen molar-refractivity contribution >= 4 is 34.7 Å². The summed E-state index contributed by atoms with van der Waals surface area (Å²) in [4.78, 5) is 39.0. The van der Waals surface area contributed by atoms with Crippen LogP contribution in [0.4, 0.5) is 4.39 Å². The molecule has 1 aromatic carbocycles. The van der Waals surface area contributed by atoms with Crippen LogP contribution in [0.25, 0.3) is 6.08 Å². The van der Waals surface area contributed by atoms with E-state index in [1.54, 1.807) is 42.9 Å². The first-order chi connectivity index (χ1) is 17.4. The van der Waals surface area contributed by atoms with E-state index in [-0.39, 0.29) is 40.3 Å². The number of carbonyl (C=O) groups is 3. The molecule has 2 heterocycles. The van der Waals surface area contributed by atoms with Crippen LogP contribution in [0.1, 0.15) is 56.8 Å². The number of ether oxygens (including phenoxy) is 1. The summed E-state index contributed by atoms with van der Waals surface area (Å²) in [5.74, 6) is -0.585. The van der Waals surface area contributed by atoms with Gasteiger partial charge in [-0.15, -0.1) is 0 Å². The monoisotopic (exact) mass is 513 g/mol. The van der Waals surface area contributed by atoms with Gasteiger partial charge in [-0.1, -0.05) is 30.0 Å². The standard InChI is InChI=1S/C27H32FN3O4S/c1-3-35-25(33)12-15-31-14-10-21(29-31)16-20-17-30(13-11-24(20)36-18(2)32)26(27(34)19-8-9-19)22-6-4-5-7-23(22)28/h4-7,10,14,16,19,24,26H,3,8-9,11-13,15,17H2,1-2H3/b20-16+/t24-,26?/m0/s1. The molecule has 1 unspecified atom stereocenters. The molecule has 2 aromatic rings. The molecule has 2 aliphatic rings. The minimum Gasteiger partial charge on any atom is -0.466 e. The number of aromatic nitrogens is 2. The maximum atomic E-state index is 14.8. The largest absolute Gasteiger partial charge is 0.466 e. The Kier molecular flexibility index (Phi) is 8.74. The number of benzene rings is 1. The molecule has 7 nitrogen and oxygen atoms in total. The van der Waals surface area contributed by atoms with Crippen LogP contribution in [0.3, 0.4) is 0 Å². The van der Waals surface area contributed by atoms with Crippen LogP contribution in [-0.4, -0.2) is 56.5 Å². The number of halogens is 1. The van der Waals surface area contributed by atoms with Crippen molar-refractivity contribution in [3.8, 4) is 0 Å². The Hall–Kier alpha value is -2.78. The maximum Gasteiger partial charge on any atom is 0.307 e. The van der Waals surface area contributed by atoms with Gasteiger partial charge in [0.05, 0.1) is 31.3 Å². The zero-order chi connectivity index (χ0) is 25.7. The first-order valence-corrected chi connectivity index (χ1v) is 13.3. The van der Waals surface area contributed by atoms with Crippen molar-refractivity contribution in [1.82, 2.24) is 14.7 Å². The van der Waals surface area contributed by atoms with Gasteiger partial charge in [0, 0.05) is 42.9 Å². The molecule has 0 N–H and O–H groups in total. The average molecular weight is 514 g/mol. The summed E-state index contributed by atoms with van der Waals surface area (Å²) in [6, 6.07) is 7.72. The molecule has 192 valence electrons. The fourth-order valence-electron chi connectivity index (χ4n) is 4.60. The second kappa shape index (κ2) is 12.0. The molecular weight excluding hydrogens is 481 g/mol. The third kappa shape index (κ3) is 6.70. The highest BCUT2D eigenvalue weighted by Crippen LogP contribution is 2.40. The van der Waals surface area contributed by atoms with E-state index in [1.807, 2.05) is 17.0 Å². The Morgan fingerprint density at radius 1 is 1.22 bits per heavy atom. The molecule has 0 bridgehead atoms. The van der Waals surface area contributed by atoms with Crippen molar-refractivity contribution in [2.45, 2.75) is 57.4 Å². The fraction of sp³-hybridized carbons (Fsp3) is 0.481. The minimum atomic E-state index is -0.646. The second-order valence-electron chi connectivity index (χ2n) is 9.24. The first kappa shape index (κ1) is 26.3. The number of hydrogen-bond acceptors (Lipinski definition) is 7. The maximum absolute atomic E-state index is 14.8. The molecule has 0 spiro atoms. The van der Waals surface area contributed by atoms with Gasteiger partial charge in [-0.05, 0) is 50.0 Å². The molecule has 9 heteroatoms. The van der Waals surface area contributed by atoms with Crippen molar-refractivity contribution < 1.29 is 23.5 Å². The lowest BCUT2D eigenvalue weighted by Crippen LogP contribution is -2.43. The van der Waals surface area contributed by atoms with Crippen LogP contribution in [0, 0.1) is 11.7 Å². The summed E-state index contributed by atoms with van der Waals surface area (Å²) < 4.78 is 21.5. The van der Waals surface area contributed by atoms with Crippen LogP contribution >= 0.6 is 11.8 Å². The number of carbonyl (C=O) groups excluding carboxylic acids is 3. The number of Topliss-reactive ketones (excluding diaryl/α,β-unsaturated/α-hetero) is 1. The van der Waals surface area contributed by atoms with Gasteiger partial charge in [0.1, 0.15) is 5.82 Å². The van der Waals surface area contributed by atoms with E-state index in [4.69, 9.17) is 4.74 Å². The summed E-state index contributed by atoms with van der Waals surface area (Å²) in [7, 11) is 0. The molecule has 2 atom stereocenters. The van der Waals surface area contributed by atoms with Gasteiger partial charge < -0.3 is 4.74 Å². The quantitative estimate of drug-likeness (QED) is 0.435. The van der Waals surface area contributed by atoms with E-state index >= 15 is 0 Å². The minimum absolute atomic E-state index is 0.0125. The van der Waals surface area contributed by atoms with Gasteiger partial charge in [0.15, 0.2) is 10.9 Å². The lowest BCUT2D eigenvalue weighted by molar-refractivity contribution is -0.143. The van der Waals surface area contributed by atoms with Crippen LogP contribution in [0.15, 0.2) is 42.1 Å². The molecule has 1 aliphatic carbocycles. The molecule has 2 fully saturated rings. The summed E-state index contributed by atoms with van der Waals surface area (Å²) in [6.07, 6.45) is 6.36. The van der Waals surface area contributed by atoms with Crippen LogP contribution in [-0.2, 0) is 25.7 Å². The lowest BCUT2D eigenvalue weighted by Gasteiger charge is -2.38. The van der Waals surface area contributed by atoms with Crippen molar-refractivity contribution in [3.05, 3.63) is 59.2 Å². The van der Waals surface area contributed by atoms with Gasteiger partial charge in [0.25, 0.3) is 0 Å². The highest BCUT2D eigenvalue weighted by atomic mass is 32.2. The van der Waals surface area contributed by atoms with E-state index in [2.05, 4.69) is 5.10 Å². The van der Waals surface area contributed by atoms with Crippen molar-refractivity contribution in [3.63, 3.8) is 0 Å². The molecular formula is C27H32FN3O4S. The Balaban J connectivity index is 1.57. The summed E-state index contributed by atoms with van der Waals surface area (Å²) in [5.41, 5.74) is 2.09. The molecule has 0 amide bonds. The smallest absolute Gasteiger partial charge is 0.307 e. The average Bonchev–Trinajstić information content (AvgIpc) is 3.60. The van der Waals surface area contributed by atoms with Gasteiger partial charge >= 0.3 is 5.97 Å². The van der Waals surface area contributed by atoms with Gasteiger partial charge in [-0.25, -0.2) is 4.39 Å². The van der Waals surface area contributed by atoms with Crippen molar-refractivity contribution in [1.29, 1.82) is 0 Å². The Morgan fingerprint density at radius 3 is 2.69 bits per heavy atom. The van der Waals surface area contributed by atoms with Crippen molar-refractivity contribution in [2.24, 2.45) is 5.92 Å². The van der Waals surface area contributed by atoms with E-state index in [1.165, 1.54) is 17.8 Å². The van der Waals surface area contributed by atoms with E-state index in [0.717, 1.165) is 18.4 Å². The normalized spacial score (nSPS) is 20.3. The first-order valence-electron chi connectivity index (χ1n) is 12.4. The number of aryl methyl sites for hydroxylation is 1. The topological polar surface area (TPSA) is 81.5 Å². The number of ketones is 1. The Labute approximate surface area is 215 Å². The van der Waals surface area contributed by atoms with Crippen LogP contribution in [0.2, 0.25) is 0 Å². The number of thioether (sulfide) groups is 1. The molecule has 36 heavy (non-hydrogen) atoms. The lowest BCUT2D eigenvalue weighted by atomic mass is 9.93.